The molecule has 0 aliphatic carbocycles. The van der Waals surface area contributed by atoms with Gasteiger partial charge in [-0.15, -0.1) is 0 Å². The summed E-state index contributed by atoms with van der Waals surface area (Å²) in [5.41, 5.74) is 3.04. The first kappa shape index (κ1) is 23.1. The zero-order chi connectivity index (χ0) is 22.6. The van der Waals surface area contributed by atoms with Crippen molar-refractivity contribution in [3.63, 3.8) is 0 Å². The van der Waals surface area contributed by atoms with Crippen LogP contribution in [0.15, 0.2) is 48.5 Å². The molecule has 7 nitrogen and oxygen atoms in total. The molecule has 31 heavy (non-hydrogen) atoms. The van der Waals surface area contributed by atoms with Crippen LogP contribution in [-0.2, 0) is 21.3 Å². The number of nitrogens with zero attached hydrogens (tertiary/aromatic N) is 1. The molecule has 3 rings (SSSR count). The first-order valence-electron chi connectivity index (χ1n) is 10.5. The van der Waals surface area contributed by atoms with Gasteiger partial charge in [0.05, 0.1) is 17.5 Å². The molecule has 1 amide bonds. The van der Waals surface area contributed by atoms with E-state index in [1.807, 2.05) is 55.1 Å². The fourth-order valence-electron chi connectivity index (χ4n) is 3.47. The number of carbonyl (C=O) groups excluding carboxylic acids is 1. The highest BCUT2D eigenvalue weighted by Gasteiger charge is 2.26. The summed E-state index contributed by atoms with van der Waals surface area (Å²) in [6.45, 7) is 8.97. The fourth-order valence-corrected chi connectivity index (χ4v) is 4.17. The van der Waals surface area contributed by atoms with Crippen LogP contribution >= 0.6 is 0 Å². The molecule has 2 aromatic carbocycles. The predicted octanol–water partition coefficient (Wildman–Crippen LogP) is 3.70. The van der Waals surface area contributed by atoms with Crippen molar-refractivity contribution in [2.75, 3.05) is 23.1 Å². The number of morpholine rings is 1. The second-order valence-corrected chi connectivity index (χ2v) is 10.5. The number of hydrogen-bond acceptors (Lipinski definition) is 5. The summed E-state index contributed by atoms with van der Waals surface area (Å²) in [6, 6.07) is 14.7. The molecule has 168 valence electrons. The van der Waals surface area contributed by atoms with Gasteiger partial charge in [0.15, 0.2) is 0 Å². The number of sulfonamides is 1. The van der Waals surface area contributed by atoms with Gasteiger partial charge in [0.1, 0.15) is 0 Å². The number of nitrogens with one attached hydrogen (secondary N) is 2. The molecule has 2 atom stereocenters. The summed E-state index contributed by atoms with van der Waals surface area (Å²) in [6.07, 6.45) is 0.0592. The molecule has 0 bridgehead atoms. The van der Waals surface area contributed by atoms with Crippen molar-refractivity contribution in [1.82, 2.24) is 4.90 Å². The summed E-state index contributed by atoms with van der Waals surface area (Å²) in [7, 11) is -3.36. The van der Waals surface area contributed by atoms with Gasteiger partial charge in [-0.2, -0.15) is 0 Å². The van der Waals surface area contributed by atoms with Crippen molar-refractivity contribution in [3.8, 4) is 0 Å². The maximum atomic E-state index is 12.9. The van der Waals surface area contributed by atoms with Gasteiger partial charge < -0.3 is 15.0 Å². The quantitative estimate of drug-likeness (QED) is 0.679. The second kappa shape index (κ2) is 9.70. The minimum absolute atomic E-state index is 0.00689. The van der Waals surface area contributed by atoms with Crippen LogP contribution in [-0.4, -0.2) is 49.8 Å². The van der Waals surface area contributed by atoms with E-state index in [0.29, 0.717) is 30.9 Å². The monoisotopic (exact) mass is 445 g/mol. The SMILES string of the molecule is CC(C)S(=O)(=O)Nc1ccc(CNc2cccc(C(=O)N3C[C@@H](C)O[C@@H](C)C3)c2)cc1. The molecule has 1 aliphatic rings. The molecule has 0 saturated carbocycles. The van der Waals surface area contributed by atoms with Gasteiger partial charge in [0.2, 0.25) is 10.0 Å². The van der Waals surface area contributed by atoms with E-state index in [0.717, 1.165) is 11.3 Å². The Morgan fingerprint density at radius 2 is 1.71 bits per heavy atom. The number of hydrogen-bond donors (Lipinski definition) is 2. The normalized spacial score (nSPS) is 19.3. The lowest BCUT2D eigenvalue weighted by atomic mass is 10.1. The Kier molecular flexibility index (Phi) is 7.23. The molecule has 1 aliphatic heterocycles. The van der Waals surface area contributed by atoms with E-state index in [1.165, 1.54) is 0 Å². The van der Waals surface area contributed by atoms with Crippen LogP contribution in [0.3, 0.4) is 0 Å². The zero-order valence-corrected chi connectivity index (χ0v) is 19.3. The van der Waals surface area contributed by atoms with Crippen molar-refractivity contribution >= 4 is 27.3 Å². The zero-order valence-electron chi connectivity index (χ0n) is 18.5. The van der Waals surface area contributed by atoms with Gasteiger partial charge in [0.25, 0.3) is 5.91 Å². The average Bonchev–Trinajstić information content (AvgIpc) is 2.72. The van der Waals surface area contributed by atoms with E-state index >= 15 is 0 Å². The fraction of sp³-hybridized carbons (Fsp3) is 0.435. The largest absolute Gasteiger partial charge is 0.381 e. The van der Waals surface area contributed by atoms with Crippen LogP contribution in [0.4, 0.5) is 11.4 Å². The van der Waals surface area contributed by atoms with Crippen molar-refractivity contribution < 1.29 is 17.9 Å². The van der Waals surface area contributed by atoms with Gasteiger partial charge >= 0.3 is 0 Å². The predicted molar refractivity (Wildman–Crippen MR) is 124 cm³/mol. The minimum atomic E-state index is -3.36. The summed E-state index contributed by atoms with van der Waals surface area (Å²) >= 11 is 0. The van der Waals surface area contributed by atoms with E-state index in [4.69, 9.17) is 4.74 Å². The first-order chi connectivity index (χ1) is 14.6. The third-order valence-electron chi connectivity index (χ3n) is 5.15. The highest BCUT2D eigenvalue weighted by molar-refractivity contribution is 7.93. The van der Waals surface area contributed by atoms with Crippen LogP contribution in [0, 0.1) is 0 Å². The van der Waals surface area contributed by atoms with E-state index < -0.39 is 15.3 Å². The molecule has 1 heterocycles. The van der Waals surface area contributed by atoms with Gasteiger partial charge in [-0.05, 0) is 63.6 Å². The maximum absolute atomic E-state index is 12.9. The Bertz CT molecular complexity index is 996. The topological polar surface area (TPSA) is 87.7 Å². The molecular weight excluding hydrogens is 414 g/mol. The maximum Gasteiger partial charge on any atom is 0.254 e. The second-order valence-electron chi connectivity index (χ2n) is 8.29. The molecule has 2 aromatic rings. The molecule has 0 spiro atoms. The van der Waals surface area contributed by atoms with E-state index in [9.17, 15) is 13.2 Å². The molecule has 0 unspecified atom stereocenters. The Morgan fingerprint density at radius 1 is 1.06 bits per heavy atom. The molecule has 0 aromatic heterocycles. The van der Waals surface area contributed by atoms with Gasteiger partial charge in [-0.1, -0.05) is 18.2 Å². The number of ether oxygens (including phenoxy) is 1. The lowest BCUT2D eigenvalue weighted by Gasteiger charge is -2.35. The van der Waals surface area contributed by atoms with Crippen LogP contribution < -0.4 is 10.0 Å². The summed E-state index contributed by atoms with van der Waals surface area (Å²) in [5, 5.41) is 2.84. The number of carbonyl (C=O) groups is 1. The van der Waals surface area contributed by atoms with Crippen molar-refractivity contribution in [3.05, 3.63) is 59.7 Å². The van der Waals surface area contributed by atoms with Crippen molar-refractivity contribution in [2.45, 2.75) is 51.7 Å². The third kappa shape index (κ3) is 6.21. The van der Waals surface area contributed by atoms with E-state index in [-0.39, 0.29) is 18.1 Å². The third-order valence-corrected chi connectivity index (χ3v) is 6.91. The smallest absolute Gasteiger partial charge is 0.254 e. The van der Waals surface area contributed by atoms with Crippen molar-refractivity contribution in [2.24, 2.45) is 0 Å². The molecule has 0 radical (unpaired) electrons. The summed E-state index contributed by atoms with van der Waals surface area (Å²) in [4.78, 5) is 14.7. The Balaban J connectivity index is 1.61. The van der Waals surface area contributed by atoms with Crippen LogP contribution in [0.25, 0.3) is 0 Å². The standard InChI is InChI=1S/C23H31N3O4S/c1-16(2)31(28,29)25-21-10-8-19(9-11-21)13-24-22-7-5-6-20(12-22)23(27)26-14-17(3)30-18(4)15-26/h5-12,16-18,24-25H,13-15H2,1-4H3/t17-,18+. The van der Waals surface area contributed by atoms with Gasteiger partial charge in [-0.25, -0.2) is 8.42 Å². The van der Waals surface area contributed by atoms with E-state index in [1.54, 1.807) is 26.0 Å². The number of anilines is 2. The Labute approximate surface area is 184 Å². The Morgan fingerprint density at radius 3 is 2.32 bits per heavy atom. The first-order valence-corrected chi connectivity index (χ1v) is 12.1. The summed E-state index contributed by atoms with van der Waals surface area (Å²) < 4.78 is 32.2. The van der Waals surface area contributed by atoms with E-state index in [2.05, 4.69) is 10.0 Å². The molecule has 1 fully saturated rings. The molecule has 2 N–H and O–H groups in total. The highest BCUT2D eigenvalue weighted by atomic mass is 32.2. The molecular formula is C23H31N3O4S. The van der Waals surface area contributed by atoms with Crippen LogP contribution in [0.2, 0.25) is 0 Å². The Hall–Kier alpha value is -2.58. The number of amides is 1. The summed E-state index contributed by atoms with van der Waals surface area (Å²) in [5.74, 6) is 0.00689. The minimum Gasteiger partial charge on any atom is -0.381 e. The number of rotatable bonds is 7. The van der Waals surface area contributed by atoms with Crippen LogP contribution in [0.1, 0.15) is 43.6 Å². The number of benzene rings is 2. The van der Waals surface area contributed by atoms with Crippen molar-refractivity contribution in [1.29, 1.82) is 0 Å². The van der Waals surface area contributed by atoms with Gasteiger partial charge in [0, 0.05) is 36.6 Å². The lowest BCUT2D eigenvalue weighted by Crippen LogP contribution is -2.48. The lowest BCUT2D eigenvalue weighted by molar-refractivity contribution is -0.0586. The average molecular weight is 446 g/mol. The van der Waals surface area contributed by atoms with Crippen LogP contribution in [0.5, 0.6) is 0 Å². The van der Waals surface area contributed by atoms with Gasteiger partial charge in [-0.3, -0.25) is 9.52 Å². The highest BCUT2D eigenvalue weighted by Crippen LogP contribution is 2.19. The molecule has 1 saturated heterocycles. The molecule has 8 heteroatoms.